The second-order valence-electron chi connectivity index (χ2n) is 5.15. The van der Waals surface area contributed by atoms with E-state index in [1.54, 1.807) is 0 Å². The molecule has 20 heavy (non-hydrogen) atoms. The summed E-state index contributed by atoms with van der Waals surface area (Å²) in [6.07, 6.45) is 2.98. The van der Waals surface area contributed by atoms with Crippen LogP contribution in [-0.2, 0) is 6.42 Å². The topological polar surface area (TPSA) is 66.2 Å². The molecule has 4 N–H and O–H groups in total. The normalized spacial score (nSPS) is 11.8. The predicted octanol–water partition coefficient (Wildman–Crippen LogP) is 2.50. The molecule has 0 amide bonds. The Bertz CT molecular complexity index is 637. The van der Waals surface area contributed by atoms with E-state index in [9.17, 15) is 0 Å². The number of rotatable bonds is 5. The number of fused-ring (bicyclic) bond motifs is 1. The van der Waals surface area contributed by atoms with Gasteiger partial charge in [-0.05, 0) is 31.4 Å². The van der Waals surface area contributed by atoms with E-state index in [-0.39, 0.29) is 0 Å². The Morgan fingerprint density at radius 1 is 1.45 bits per heavy atom. The minimum Gasteiger partial charge on any atom is -0.370 e. The van der Waals surface area contributed by atoms with Crippen molar-refractivity contribution in [1.29, 1.82) is 0 Å². The summed E-state index contributed by atoms with van der Waals surface area (Å²) < 4.78 is 0. The Morgan fingerprint density at radius 3 is 3.00 bits per heavy atom. The fourth-order valence-corrected chi connectivity index (χ4v) is 2.17. The zero-order valence-corrected chi connectivity index (χ0v) is 12.2. The molecule has 0 aliphatic heterocycles. The van der Waals surface area contributed by atoms with E-state index in [1.165, 1.54) is 22.0 Å². The van der Waals surface area contributed by atoms with Crippen LogP contribution in [0.15, 0.2) is 41.5 Å². The van der Waals surface area contributed by atoms with Gasteiger partial charge in [-0.1, -0.05) is 30.4 Å². The Labute approximate surface area is 119 Å². The second kappa shape index (κ2) is 6.28. The summed E-state index contributed by atoms with van der Waals surface area (Å²) in [5, 5.41) is 4.41. The summed E-state index contributed by atoms with van der Waals surface area (Å²) in [4.78, 5) is 7.53. The number of hydrogen-bond acceptors (Lipinski definition) is 1. The molecule has 1 aromatic carbocycles. The fraction of sp³-hybridized carbons (Fsp3) is 0.312. The van der Waals surface area contributed by atoms with Gasteiger partial charge < -0.3 is 16.0 Å². The Balaban J connectivity index is 1.95. The van der Waals surface area contributed by atoms with Crippen molar-refractivity contribution in [3.63, 3.8) is 0 Å². The van der Waals surface area contributed by atoms with E-state index in [1.807, 2.05) is 6.92 Å². The summed E-state index contributed by atoms with van der Waals surface area (Å²) >= 11 is 0. The number of aryl methyl sites for hydroxylation is 1. The Hall–Kier alpha value is -2.23. The first kappa shape index (κ1) is 14.2. The molecule has 1 aromatic heterocycles. The van der Waals surface area contributed by atoms with Crippen molar-refractivity contribution in [2.24, 2.45) is 10.7 Å². The van der Waals surface area contributed by atoms with Crippen molar-refractivity contribution >= 4 is 16.9 Å². The van der Waals surface area contributed by atoms with E-state index in [0.29, 0.717) is 12.5 Å². The smallest absolute Gasteiger partial charge is 0.188 e. The van der Waals surface area contributed by atoms with Crippen LogP contribution in [-0.4, -0.2) is 24.0 Å². The van der Waals surface area contributed by atoms with E-state index in [2.05, 4.69) is 53.2 Å². The van der Waals surface area contributed by atoms with Crippen molar-refractivity contribution in [2.75, 3.05) is 13.1 Å². The van der Waals surface area contributed by atoms with Crippen LogP contribution in [0.4, 0.5) is 0 Å². The van der Waals surface area contributed by atoms with Crippen molar-refractivity contribution < 1.29 is 0 Å². The number of guanidine groups is 1. The van der Waals surface area contributed by atoms with Gasteiger partial charge in [0.2, 0.25) is 0 Å². The van der Waals surface area contributed by atoms with Gasteiger partial charge in [0, 0.05) is 23.6 Å². The predicted molar refractivity (Wildman–Crippen MR) is 86.0 cm³/mol. The molecule has 0 saturated heterocycles. The van der Waals surface area contributed by atoms with Gasteiger partial charge in [-0.3, -0.25) is 0 Å². The summed E-state index contributed by atoms with van der Waals surface area (Å²) in [6, 6.07) is 6.35. The molecule has 4 nitrogen and oxygen atoms in total. The summed E-state index contributed by atoms with van der Waals surface area (Å²) in [5.74, 6) is 0.476. The Morgan fingerprint density at radius 2 is 2.25 bits per heavy atom. The first-order valence-electron chi connectivity index (χ1n) is 6.81. The lowest BCUT2D eigenvalue weighted by Gasteiger charge is -2.05. The molecule has 0 saturated carbocycles. The minimum absolute atomic E-state index is 0.476. The average Bonchev–Trinajstić information content (AvgIpc) is 2.81. The van der Waals surface area contributed by atoms with Gasteiger partial charge in [0.25, 0.3) is 0 Å². The van der Waals surface area contributed by atoms with Crippen molar-refractivity contribution in [2.45, 2.75) is 20.3 Å². The monoisotopic (exact) mass is 270 g/mol. The van der Waals surface area contributed by atoms with Gasteiger partial charge in [-0.2, -0.15) is 0 Å². The number of benzene rings is 1. The zero-order valence-electron chi connectivity index (χ0n) is 12.2. The lowest BCUT2D eigenvalue weighted by atomic mass is 10.1. The standard InChI is InChI=1S/C16H22N4/c1-11(2)9-20-16(17)18-8-7-13-10-19-15-12(3)5-4-6-14(13)15/h4-6,10,19H,1,7-9H2,2-3H3,(H3,17,18,20). The largest absolute Gasteiger partial charge is 0.370 e. The van der Waals surface area contributed by atoms with Crippen LogP contribution in [0.2, 0.25) is 0 Å². The number of hydrogen-bond donors (Lipinski definition) is 3. The molecular formula is C16H22N4. The van der Waals surface area contributed by atoms with Gasteiger partial charge in [-0.15, -0.1) is 0 Å². The third kappa shape index (κ3) is 3.41. The molecule has 0 fully saturated rings. The molecule has 0 unspecified atom stereocenters. The number of H-pyrrole nitrogens is 1. The van der Waals surface area contributed by atoms with Crippen LogP contribution in [0, 0.1) is 6.92 Å². The second-order valence-corrected chi connectivity index (χ2v) is 5.15. The first-order valence-corrected chi connectivity index (χ1v) is 6.81. The number of nitrogens with two attached hydrogens (primary N) is 1. The summed E-state index contributed by atoms with van der Waals surface area (Å²) in [7, 11) is 0. The maximum atomic E-state index is 5.79. The highest BCUT2D eigenvalue weighted by molar-refractivity contribution is 5.86. The number of aromatic nitrogens is 1. The van der Waals surface area contributed by atoms with E-state index in [0.717, 1.165) is 18.5 Å². The third-order valence-corrected chi connectivity index (χ3v) is 3.23. The quantitative estimate of drug-likeness (QED) is 0.444. The highest BCUT2D eigenvalue weighted by Gasteiger charge is 2.04. The molecule has 0 radical (unpaired) electrons. The molecule has 2 aromatic rings. The van der Waals surface area contributed by atoms with Crippen molar-refractivity contribution in [3.8, 4) is 0 Å². The molecule has 0 bridgehead atoms. The highest BCUT2D eigenvalue weighted by atomic mass is 15.1. The van der Waals surface area contributed by atoms with Crippen LogP contribution in [0.1, 0.15) is 18.1 Å². The first-order chi connectivity index (χ1) is 9.58. The number of nitrogens with zero attached hydrogens (tertiary/aromatic N) is 1. The molecule has 1 heterocycles. The number of nitrogens with one attached hydrogen (secondary N) is 2. The molecule has 106 valence electrons. The summed E-state index contributed by atoms with van der Waals surface area (Å²) in [6.45, 7) is 9.19. The van der Waals surface area contributed by atoms with Crippen molar-refractivity contribution in [1.82, 2.24) is 10.3 Å². The average molecular weight is 270 g/mol. The maximum absolute atomic E-state index is 5.79. The van der Waals surface area contributed by atoms with Crippen LogP contribution in [0.25, 0.3) is 10.9 Å². The maximum Gasteiger partial charge on any atom is 0.188 e. The SMILES string of the molecule is C=C(C)CN=C(N)NCCc1c[nH]c2c(C)cccc12. The van der Waals surface area contributed by atoms with Crippen molar-refractivity contribution in [3.05, 3.63) is 47.7 Å². The third-order valence-electron chi connectivity index (χ3n) is 3.23. The van der Waals surface area contributed by atoms with Gasteiger partial charge in [-0.25, -0.2) is 4.99 Å². The van der Waals surface area contributed by atoms with Crippen LogP contribution < -0.4 is 11.1 Å². The van der Waals surface area contributed by atoms with E-state index >= 15 is 0 Å². The number of aliphatic imine (C=N–C) groups is 1. The van der Waals surface area contributed by atoms with Gasteiger partial charge >= 0.3 is 0 Å². The lowest BCUT2D eigenvalue weighted by molar-refractivity contribution is 0.856. The van der Waals surface area contributed by atoms with Crippen LogP contribution in [0.3, 0.4) is 0 Å². The van der Waals surface area contributed by atoms with Gasteiger partial charge in [0.15, 0.2) is 5.96 Å². The Kier molecular flexibility index (Phi) is 4.45. The lowest BCUT2D eigenvalue weighted by Crippen LogP contribution is -2.33. The molecule has 2 rings (SSSR count). The molecule has 4 heteroatoms. The minimum atomic E-state index is 0.476. The van der Waals surface area contributed by atoms with Crippen LogP contribution >= 0.6 is 0 Å². The molecular weight excluding hydrogens is 248 g/mol. The molecule has 0 aliphatic rings. The zero-order chi connectivity index (χ0) is 14.5. The van der Waals surface area contributed by atoms with Gasteiger partial charge in [0.1, 0.15) is 0 Å². The molecule has 0 aliphatic carbocycles. The number of para-hydroxylation sites is 1. The summed E-state index contributed by atoms with van der Waals surface area (Å²) in [5.41, 5.74) is 10.6. The highest BCUT2D eigenvalue weighted by Crippen LogP contribution is 2.21. The van der Waals surface area contributed by atoms with Gasteiger partial charge in [0.05, 0.1) is 6.54 Å². The van der Waals surface area contributed by atoms with E-state index in [4.69, 9.17) is 5.73 Å². The molecule has 0 atom stereocenters. The molecule has 0 spiro atoms. The number of aromatic amines is 1. The fourth-order valence-electron chi connectivity index (χ4n) is 2.17. The van der Waals surface area contributed by atoms with Crippen LogP contribution in [0.5, 0.6) is 0 Å². The van der Waals surface area contributed by atoms with E-state index < -0.39 is 0 Å².